The van der Waals surface area contributed by atoms with Gasteiger partial charge in [-0.05, 0) is 21.0 Å². The van der Waals surface area contributed by atoms with Gasteiger partial charge in [0, 0.05) is 12.3 Å². The fraction of sp³-hybridized carbons (Fsp3) is 0.857. The first kappa shape index (κ1) is 10.8. The predicted molar refractivity (Wildman–Crippen MR) is 49.7 cm³/mol. The highest BCUT2D eigenvalue weighted by Gasteiger charge is 2.07. The summed E-state index contributed by atoms with van der Waals surface area (Å²) in [4.78, 5) is 12.6. The van der Waals surface area contributed by atoms with Crippen LogP contribution >= 0.6 is 11.8 Å². The van der Waals surface area contributed by atoms with E-state index in [1.54, 1.807) is 11.8 Å². The summed E-state index contributed by atoms with van der Waals surface area (Å²) in [5.41, 5.74) is 5.08. The maximum absolute atomic E-state index is 10.6. The zero-order valence-electron chi connectivity index (χ0n) is 7.33. The number of carbonyl (C=O) groups is 1. The average molecular weight is 176 g/mol. The zero-order chi connectivity index (χ0) is 8.85. The summed E-state index contributed by atoms with van der Waals surface area (Å²) in [5, 5.41) is -0.0602. The molecule has 66 valence electrons. The molecule has 0 aromatic carbocycles. The maximum Gasteiger partial charge on any atom is 0.230 e. The van der Waals surface area contributed by atoms with Gasteiger partial charge in [0.1, 0.15) is 0 Å². The van der Waals surface area contributed by atoms with Crippen molar-refractivity contribution in [1.29, 1.82) is 0 Å². The predicted octanol–water partition coefficient (Wildman–Crippen LogP) is 0.155. The molecule has 0 aromatic rings. The molecule has 0 heterocycles. The van der Waals surface area contributed by atoms with Gasteiger partial charge in [-0.2, -0.15) is 0 Å². The molecule has 0 aromatic heterocycles. The lowest BCUT2D eigenvalue weighted by Crippen LogP contribution is -2.24. The molecule has 2 N–H and O–H groups in total. The van der Waals surface area contributed by atoms with E-state index in [0.29, 0.717) is 0 Å². The number of hydrogen-bond acceptors (Lipinski definition) is 3. The van der Waals surface area contributed by atoms with Gasteiger partial charge in [0.15, 0.2) is 0 Å². The van der Waals surface area contributed by atoms with E-state index in [-0.39, 0.29) is 11.2 Å². The van der Waals surface area contributed by atoms with E-state index >= 15 is 0 Å². The number of thioether (sulfide) groups is 1. The van der Waals surface area contributed by atoms with Gasteiger partial charge in [0.05, 0.1) is 5.25 Å². The summed E-state index contributed by atoms with van der Waals surface area (Å²) in [5.74, 6) is 0.727. The normalized spacial score (nSPS) is 13.5. The zero-order valence-corrected chi connectivity index (χ0v) is 8.15. The van der Waals surface area contributed by atoms with Gasteiger partial charge < -0.3 is 10.6 Å². The van der Waals surface area contributed by atoms with Crippen molar-refractivity contribution in [2.45, 2.75) is 12.2 Å². The smallest absolute Gasteiger partial charge is 0.230 e. The Hall–Kier alpha value is -0.220. The molecule has 1 amide bonds. The Morgan fingerprint density at radius 2 is 2.18 bits per heavy atom. The molecule has 0 rings (SSSR count). The molecule has 0 saturated heterocycles. The van der Waals surface area contributed by atoms with Crippen molar-refractivity contribution < 1.29 is 4.79 Å². The molecule has 0 fully saturated rings. The number of nitrogens with zero attached hydrogens (tertiary/aromatic N) is 1. The quantitative estimate of drug-likeness (QED) is 0.649. The first-order valence-electron chi connectivity index (χ1n) is 3.59. The largest absolute Gasteiger partial charge is 0.369 e. The second-order valence-corrected chi connectivity index (χ2v) is 4.17. The van der Waals surface area contributed by atoms with Crippen LogP contribution in [0, 0.1) is 0 Å². The minimum Gasteiger partial charge on any atom is -0.369 e. The molecule has 1 unspecified atom stereocenters. The Morgan fingerprint density at radius 3 is 2.55 bits per heavy atom. The summed E-state index contributed by atoms with van der Waals surface area (Å²) in [6.45, 7) is 2.82. The van der Waals surface area contributed by atoms with Gasteiger partial charge in [-0.25, -0.2) is 0 Å². The van der Waals surface area contributed by atoms with Crippen molar-refractivity contribution in [3.63, 3.8) is 0 Å². The van der Waals surface area contributed by atoms with Gasteiger partial charge in [-0.15, -0.1) is 11.8 Å². The summed E-state index contributed by atoms with van der Waals surface area (Å²) >= 11 is 1.60. The van der Waals surface area contributed by atoms with E-state index in [9.17, 15) is 4.79 Å². The molecule has 0 radical (unpaired) electrons. The molecule has 4 heteroatoms. The third kappa shape index (κ3) is 6.19. The van der Waals surface area contributed by atoms with Crippen LogP contribution in [0.1, 0.15) is 6.92 Å². The number of hydrogen-bond donors (Lipinski definition) is 1. The van der Waals surface area contributed by atoms with Crippen molar-refractivity contribution in [2.24, 2.45) is 5.73 Å². The third-order valence-electron chi connectivity index (χ3n) is 1.31. The van der Waals surface area contributed by atoms with Crippen molar-refractivity contribution in [3.8, 4) is 0 Å². The van der Waals surface area contributed by atoms with E-state index in [1.807, 2.05) is 21.0 Å². The Kier molecular flexibility index (Phi) is 5.32. The molecule has 0 aliphatic heterocycles. The fourth-order valence-electron chi connectivity index (χ4n) is 0.494. The number of rotatable bonds is 5. The maximum atomic E-state index is 10.6. The van der Waals surface area contributed by atoms with Crippen molar-refractivity contribution >= 4 is 17.7 Å². The summed E-state index contributed by atoms with van der Waals surface area (Å²) < 4.78 is 0. The number of amides is 1. The fourth-order valence-corrected chi connectivity index (χ4v) is 1.48. The molecule has 3 nitrogen and oxygen atoms in total. The molecule has 0 aliphatic carbocycles. The highest BCUT2D eigenvalue weighted by Crippen LogP contribution is 2.08. The van der Waals surface area contributed by atoms with Crippen molar-refractivity contribution in [1.82, 2.24) is 4.90 Å². The van der Waals surface area contributed by atoms with Crippen LogP contribution in [-0.4, -0.2) is 42.4 Å². The van der Waals surface area contributed by atoms with E-state index in [2.05, 4.69) is 4.90 Å². The van der Waals surface area contributed by atoms with Gasteiger partial charge >= 0.3 is 0 Å². The third-order valence-corrected chi connectivity index (χ3v) is 2.46. The Morgan fingerprint density at radius 1 is 1.64 bits per heavy atom. The summed E-state index contributed by atoms with van der Waals surface area (Å²) in [6.07, 6.45) is 0. The standard InChI is InChI=1S/C7H16N2OS/c1-6(7(8)10)11-5-4-9(2)3/h6H,4-5H2,1-3H3,(H2,8,10). The molecule has 11 heavy (non-hydrogen) atoms. The van der Waals surface area contributed by atoms with Gasteiger partial charge in [0.25, 0.3) is 0 Å². The molecular formula is C7H16N2OS. The van der Waals surface area contributed by atoms with Gasteiger partial charge in [-0.3, -0.25) is 4.79 Å². The number of nitrogens with two attached hydrogens (primary N) is 1. The minimum atomic E-state index is -0.228. The lowest BCUT2D eigenvalue weighted by molar-refractivity contribution is -0.117. The topological polar surface area (TPSA) is 46.3 Å². The van der Waals surface area contributed by atoms with Crippen LogP contribution in [0.3, 0.4) is 0 Å². The summed E-state index contributed by atoms with van der Waals surface area (Å²) in [6, 6.07) is 0. The SMILES string of the molecule is CC(SCCN(C)C)C(N)=O. The van der Waals surface area contributed by atoms with E-state index < -0.39 is 0 Å². The van der Waals surface area contributed by atoms with Crippen molar-refractivity contribution in [2.75, 3.05) is 26.4 Å². The molecule has 0 spiro atoms. The Bertz CT molecular complexity index is 128. The highest BCUT2D eigenvalue weighted by atomic mass is 32.2. The van der Waals surface area contributed by atoms with Crippen LogP contribution < -0.4 is 5.73 Å². The number of primary amides is 1. The van der Waals surface area contributed by atoms with Crippen LogP contribution in [0.15, 0.2) is 0 Å². The number of carbonyl (C=O) groups excluding carboxylic acids is 1. The van der Waals surface area contributed by atoms with E-state index in [0.717, 1.165) is 12.3 Å². The van der Waals surface area contributed by atoms with Crippen LogP contribution in [0.25, 0.3) is 0 Å². The monoisotopic (exact) mass is 176 g/mol. The van der Waals surface area contributed by atoms with Crippen LogP contribution in [-0.2, 0) is 4.79 Å². The van der Waals surface area contributed by atoms with Crippen LogP contribution in [0.5, 0.6) is 0 Å². The highest BCUT2D eigenvalue weighted by molar-refractivity contribution is 8.00. The first-order valence-corrected chi connectivity index (χ1v) is 4.64. The minimum absolute atomic E-state index is 0.0602. The summed E-state index contributed by atoms with van der Waals surface area (Å²) in [7, 11) is 4.02. The van der Waals surface area contributed by atoms with E-state index in [4.69, 9.17) is 5.73 Å². The van der Waals surface area contributed by atoms with E-state index in [1.165, 1.54) is 0 Å². The van der Waals surface area contributed by atoms with Crippen molar-refractivity contribution in [3.05, 3.63) is 0 Å². The molecule has 0 aliphatic rings. The molecular weight excluding hydrogens is 160 g/mol. The second kappa shape index (κ2) is 5.43. The van der Waals surface area contributed by atoms with Gasteiger partial charge in [-0.1, -0.05) is 0 Å². The van der Waals surface area contributed by atoms with Crippen LogP contribution in [0.2, 0.25) is 0 Å². The average Bonchev–Trinajstić information content (AvgIpc) is 1.86. The lowest BCUT2D eigenvalue weighted by atomic mass is 10.5. The Balaban J connectivity index is 3.31. The Labute approximate surface area is 72.3 Å². The van der Waals surface area contributed by atoms with Crippen LogP contribution in [0.4, 0.5) is 0 Å². The molecule has 0 saturated carbocycles. The molecule has 1 atom stereocenters. The lowest BCUT2D eigenvalue weighted by Gasteiger charge is -2.10. The second-order valence-electron chi connectivity index (χ2n) is 2.72. The molecule has 0 bridgehead atoms. The first-order chi connectivity index (χ1) is 5.04. The van der Waals surface area contributed by atoms with Gasteiger partial charge in [0.2, 0.25) is 5.91 Å².